The van der Waals surface area contributed by atoms with E-state index >= 15 is 0 Å². The van der Waals surface area contributed by atoms with E-state index in [-0.39, 0.29) is 0 Å². The maximum Gasteiger partial charge on any atom is 0.326 e. The van der Waals surface area contributed by atoms with Crippen LogP contribution in [0, 0.1) is 0 Å². The number of amides is 1. The molecule has 1 aromatic carbocycles. The van der Waals surface area contributed by atoms with Gasteiger partial charge in [0.1, 0.15) is 11.8 Å². The van der Waals surface area contributed by atoms with Crippen molar-refractivity contribution in [3.63, 3.8) is 0 Å². The number of nitrogens with one attached hydrogen (secondary N) is 1. The Kier molecular flexibility index (Phi) is 5.15. The quantitative estimate of drug-likeness (QED) is 0.872. The van der Waals surface area contributed by atoms with E-state index in [2.05, 4.69) is 21.2 Å². The zero-order chi connectivity index (χ0) is 13.7. The van der Waals surface area contributed by atoms with Gasteiger partial charge in [-0.25, -0.2) is 4.79 Å². The highest BCUT2D eigenvalue weighted by atomic mass is 79.9. The van der Waals surface area contributed by atoms with E-state index in [1.54, 1.807) is 25.1 Å². The number of carboxylic acid groups (broad SMARTS) is 1. The second kappa shape index (κ2) is 6.39. The van der Waals surface area contributed by atoms with Crippen LogP contribution in [0.15, 0.2) is 22.7 Å². The van der Waals surface area contributed by atoms with Gasteiger partial charge in [0, 0.05) is 4.47 Å². The molecule has 0 aromatic heterocycles. The van der Waals surface area contributed by atoms with Crippen molar-refractivity contribution in [1.82, 2.24) is 5.32 Å². The number of rotatable bonds is 5. The van der Waals surface area contributed by atoms with Gasteiger partial charge < -0.3 is 15.2 Å². The lowest BCUT2D eigenvalue weighted by atomic mass is 10.1. The Morgan fingerprint density at radius 1 is 1.50 bits per heavy atom. The summed E-state index contributed by atoms with van der Waals surface area (Å²) in [5, 5.41) is 11.3. The van der Waals surface area contributed by atoms with Crippen molar-refractivity contribution in [2.24, 2.45) is 0 Å². The monoisotopic (exact) mass is 315 g/mol. The summed E-state index contributed by atoms with van der Waals surface area (Å²) in [6, 6.07) is 4.02. The van der Waals surface area contributed by atoms with Crippen molar-refractivity contribution < 1.29 is 19.4 Å². The van der Waals surface area contributed by atoms with Crippen molar-refractivity contribution in [2.75, 3.05) is 7.11 Å². The third kappa shape index (κ3) is 3.46. The molecule has 5 nitrogen and oxygen atoms in total. The van der Waals surface area contributed by atoms with E-state index in [9.17, 15) is 9.59 Å². The molecule has 18 heavy (non-hydrogen) atoms. The SMILES string of the molecule is CC[C@@H](NC(=O)c1ccc(Br)cc1OC)C(=O)O. The van der Waals surface area contributed by atoms with E-state index in [1.807, 2.05) is 0 Å². The second-order valence-corrected chi connectivity index (χ2v) is 4.53. The second-order valence-electron chi connectivity index (χ2n) is 3.62. The van der Waals surface area contributed by atoms with Crippen molar-refractivity contribution in [1.29, 1.82) is 0 Å². The Hall–Kier alpha value is -1.56. The summed E-state index contributed by atoms with van der Waals surface area (Å²) in [6.45, 7) is 1.69. The van der Waals surface area contributed by atoms with E-state index in [0.717, 1.165) is 4.47 Å². The minimum atomic E-state index is -1.05. The molecule has 0 spiro atoms. The van der Waals surface area contributed by atoms with Crippen LogP contribution in [0.25, 0.3) is 0 Å². The van der Waals surface area contributed by atoms with Crippen LogP contribution in [0.4, 0.5) is 0 Å². The number of hydrogen-bond acceptors (Lipinski definition) is 3. The van der Waals surface area contributed by atoms with E-state index < -0.39 is 17.9 Å². The number of halogens is 1. The first-order valence-electron chi connectivity index (χ1n) is 5.36. The van der Waals surface area contributed by atoms with Gasteiger partial charge in [0.25, 0.3) is 5.91 Å². The Morgan fingerprint density at radius 2 is 2.17 bits per heavy atom. The van der Waals surface area contributed by atoms with Crippen molar-refractivity contribution in [3.05, 3.63) is 28.2 Å². The average Bonchev–Trinajstić information content (AvgIpc) is 2.34. The van der Waals surface area contributed by atoms with Gasteiger partial charge in [-0.15, -0.1) is 0 Å². The molecule has 1 rings (SSSR count). The first-order chi connectivity index (χ1) is 8.49. The molecular weight excluding hydrogens is 302 g/mol. The van der Waals surface area contributed by atoms with Crippen molar-refractivity contribution in [3.8, 4) is 5.75 Å². The lowest BCUT2D eigenvalue weighted by Crippen LogP contribution is -2.40. The number of ether oxygens (including phenoxy) is 1. The van der Waals surface area contributed by atoms with Crippen LogP contribution >= 0.6 is 15.9 Å². The van der Waals surface area contributed by atoms with Gasteiger partial charge in [0.05, 0.1) is 12.7 Å². The molecule has 1 amide bonds. The Balaban J connectivity index is 2.93. The topological polar surface area (TPSA) is 75.6 Å². The molecule has 0 saturated carbocycles. The highest BCUT2D eigenvalue weighted by Gasteiger charge is 2.20. The third-order valence-electron chi connectivity index (χ3n) is 2.42. The van der Waals surface area contributed by atoms with Crippen LogP contribution < -0.4 is 10.1 Å². The Labute approximate surface area is 113 Å². The van der Waals surface area contributed by atoms with Crippen LogP contribution in [-0.4, -0.2) is 30.1 Å². The molecule has 0 aliphatic rings. The predicted octanol–water partition coefficient (Wildman–Crippen LogP) is 2.05. The minimum absolute atomic E-state index is 0.306. The number of methoxy groups -OCH3 is 1. The van der Waals surface area contributed by atoms with Gasteiger partial charge in [-0.05, 0) is 24.6 Å². The molecule has 98 valence electrons. The van der Waals surface area contributed by atoms with E-state index in [4.69, 9.17) is 9.84 Å². The molecule has 0 aliphatic carbocycles. The van der Waals surface area contributed by atoms with Crippen LogP contribution in [-0.2, 0) is 4.79 Å². The standard InChI is InChI=1S/C12H14BrNO4/c1-3-9(12(16)17)14-11(15)8-5-4-7(13)6-10(8)18-2/h4-6,9H,3H2,1-2H3,(H,14,15)(H,16,17)/t9-/m1/s1. The predicted molar refractivity (Wildman–Crippen MR) is 69.9 cm³/mol. The molecule has 0 saturated heterocycles. The molecule has 0 aliphatic heterocycles. The first-order valence-corrected chi connectivity index (χ1v) is 6.16. The number of hydrogen-bond donors (Lipinski definition) is 2. The maximum absolute atomic E-state index is 11.9. The van der Waals surface area contributed by atoms with Crippen LogP contribution in [0.5, 0.6) is 5.75 Å². The smallest absolute Gasteiger partial charge is 0.326 e. The molecule has 0 bridgehead atoms. The molecule has 0 unspecified atom stereocenters. The molecule has 2 N–H and O–H groups in total. The number of carboxylic acids is 1. The fourth-order valence-electron chi connectivity index (χ4n) is 1.43. The summed E-state index contributed by atoms with van der Waals surface area (Å²) in [5.74, 6) is -1.13. The lowest BCUT2D eigenvalue weighted by Gasteiger charge is -2.14. The zero-order valence-electron chi connectivity index (χ0n) is 10.1. The molecule has 0 radical (unpaired) electrons. The van der Waals surface area contributed by atoms with Crippen molar-refractivity contribution >= 4 is 27.8 Å². The van der Waals surface area contributed by atoms with Gasteiger partial charge in [-0.1, -0.05) is 22.9 Å². The summed E-state index contributed by atoms with van der Waals surface area (Å²) in [7, 11) is 1.45. The average molecular weight is 316 g/mol. The Bertz CT molecular complexity index is 461. The zero-order valence-corrected chi connectivity index (χ0v) is 11.7. The van der Waals surface area contributed by atoms with Crippen molar-refractivity contribution in [2.45, 2.75) is 19.4 Å². The molecule has 0 fully saturated rings. The number of carbonyl (C=O) groups excluding carboxylic acids is 1. The van der Waals surface area contributed by atoms with Gasteiger partial charge in [0.2, 0.25) is 0 Å². The summed E-state index contributed by atoms with van der Waals surface area (Å²) in [5.41, 5.74) is 0.306. The summed E-state index contributed by atoms with van der Waals surface area (Å²) < 4.78 is 5.86. The molecule has 6 heteroatoms. The van der Waals surface area contributed by atoms with E-state index in [0.29, 0.717) is 17.7 Å². The third-order valence-corrected chi connectivity index (χ3v) is 2.91. The number of aliphatic carboxylic acids is 1. The largest absolute Gasteiger partial charge is 0.496 e. The first kappa shape index (κ1) is 14.5. The van der Waals surface area contributed by atoms with Gasteiger partial charge in [0.15, 0.2) is 0 Å². The minimum Gasteiger partial charge on any atom is -0.496 e. The molecule has 0 heterocycles. The maximum atomic E-state index is 11.9. The molecule has 1 atom stereocenters. The fourth-order valence-corrected chi connectivity index (χ4v) is 1.77. The Morgan fingerprint density at radius 3 is 2.67 bits per heavy atom. The molecule has 1 aromatic rings. The van der Waals surface area contributed by atoms with E-state index in [1.165, 1.54) is 7.11 Å². The molecular formula is C12H14BrNO4. The van der Waals surface area contributed by atoms with Gasteiger partial charge in [-0.3, -0.25) is 4.79 Å². The fraction of sp³-hybridized carbons (Fsp3) is 0.333. The highest BCUT2D eigenvalue weighted by molar-refractivity contribution is 9.10. The lowest BCUT2D eigenvalue weighted by molar-refractivity contribution is -0.139. The van der Waals surface area contributed by atoms with Crippen LogP contribution in [0.3, 0.4) is 0 Å². The summed E-state index contributed by atoms with van der Waals surface area (Å²) in [6.07, 6.45) is 0.319. The van der Waals surface area contributed by atoms with Gasteiger partial charge in [-0.2, -0.15) is 0 Å². The number of benzene rings is 1. The summed E-state index contributed by atoms with van der Waals surface area (Å²) in [4.78, 5) is 22.8. The van der Waals surface area contributed by atoms with Crippen LogP contribution in [0.2, 0.25) is 0 Å². The van der Waals surface area contributed by atoms with Crippen LogP contribution in [0.1, 0.15) is 23.7 Å². The normalized spacial score (nSPS) is 11.7. The highest BCUT2D eigenvalue weighted by Crippen LogP contribution is 2.23. The van der Waals surface area contributed by atoms with Gasteiger partial charge >= 0.3 is 5.97 Å². The number of carbonyl (C=O) groups is 2. The summed E-state index contributed by atoms with van der Waals surface area (Å²) >= 11 is 3.27.